The maximum Gasteiger partial charge on any atom is 0.278 e. The summed E-state index contributed by atoms with van der Waals surface area (Å²) >= 11 is 0. The number of anilines is 2. The summed E-state index contributed by atoms with van der Waals surface area (Å²) in [6.07, 6.45) is 1.38. The molecule has 1 aromatic carbocycles. The molecule has 0 bridgehead atoms. The van der Waals surface area contributed by atoms with Crippen molar-refractivity contribution in [1.82, 2.24) is 10.2 Å². The number of benzene rings is 1. The van der Waals surface area contributed by atoms with E-state index < -0.39 is 10.0 Å². The van der Waals surface area contributed by atoms with Gasteiger partial charge in [0.2, 0.25) is 0 Å². The summed E-state index contributed by atoms with van der Waals surface area (Å²) < 4.78 is 26.3. The number of nitrogen functional groups attached to an aromatic ring is 1. The molecule has 2 rings (SSSR count). The quantitative estimate of drug-likeness (QED) is 0.712. The van der Waals surface area contributed by atoms with Gasteiger partial charge in [0.25, 0.3) is 10.0 Å². The Morgan fingerprint density at radius 1 is 1.35 bits per heavy atom. The van der Waals surface area contributed by atoms with Crippen molar-refractivity contribution in [2.75, 3.05) is 10.5 Å². The Bertz CT molecular complexity index is 620. The topological polar surface area (TPSA) is 101 Å². The fraction of sp³-hybridized carbons (Fsp3) is 0.100. The van der Waals surface area contributed by atoms with Crippen LogP contribution in [0.5, 0.6) is 0 Å². The number of nitrogens with two attached hydrogens (primary N) is 1. The second kappa shape index (κ2) is 4.10. The molecular weight excluding hydrogens is 240 g/mol. The summed E-state index contributed by atoms with van der Waals surface area (Å²) in [4.78, 5) is 0. The van der Waals surface area contributed by atoms with Crippen molar-refractivity contribution in [2.24, 2.45) is 0 Å². The van der Waals surface area contributed by atoms with Crippen LogP contribution in [0.1, 0.15) is 5.56 Å². The molecule has 6 nitrogen and oxygen atoms in total. The molecular formula is C10H12N4O2S. The van der Waals surface area contributed by atoms with Crippen LogP contribution in [-0.4, -0.2) is 18.6 Å². The lowest BCUT2D eigenvalue weighted by molar-refractivity contribution is 0.597. The Balaban J connectivity index is 2.37. The average Bonchev–Trinajstić information content (AvgIpc) is 2.78. The summed E-state index contributed by atoms with van der Waals surface area (Å²) in [5.74, 6) is 0. The first-order valence-corrected chi connectivity index (χ1v) is 6.36. The van der Waals surface area contributed by atoms with E-state index >= 15 is 0 Å². The van der Waals surface area contributed by atoms with Gasteiger partial charge in [-0.15, -0.1) is 0 Å². The van der Waals surface area contributed by atoms with Gasteiger partial charge >= 0.3 is 0 Å². The summed E-state index contributed by atoms with van der Waals surface area (Å²) in [7, 11) is -3.63. The summed E-state index contributed by atoms with van der Waals surface area (Å²) in [6.45, 7) is 1.75. The minimum Gasteiger partial charge on any atom is -0.398 e. The number of nitrogens with zero attached hydrogens (tertiary/aromatic N) is 1. The van der Waals surface area contributed by atoms with E-state index in [0.29, 0.717) is 16.9 Å². The Labute approximate surface area is 98.9 Å². The second-order valence-corrected chi connectivity index (χ2v) is 5.20. The Morgan fingerprint density at radius 3 is 2.76 bits per heavy atom. The van der Waals surface area contributed by atoms with Gasteiger partial charge in [-0.1, -0.05) is 6.07 Å². The zero-order valence-corrected chi connectivity index (χ0v) is 9.95. The van der Waals surface area contributed by atoms with E-state index in [1.807, 2.05) is 0 Å². The van der Waals surface area contributed by atoms with E-state index in [0.717, 1.165) is 0 Å². The largest absolute Gasteiger partial charge is 0.398 e. The van der Waals surface area contributed by atoms with Gasteiger partial charge in [0.15, 0.2) is 5.03 Å². The molecule has 0 saturated carbocycles. The average molecular weight is 252 g/mol. The molecule has 0 radical (unpaired) electrons. The molecule has 90 valence electrons. The first-order chi connectivity index (χ1) is 8.00. The second-order valence-electron chi connectivity index (χ2n) is 3.55. The fourth-order valence-corrected chi connectivity index (χ4v) is 2.39. The van der Waals surface area contributed by atoms with E-state index in [9.17, 15) is 8.42 Å². The number of aromatic nitrogens is 2. The number of H-pyrrole nitrogens is 1. The third-order valence-corrected chi connectivity index (χ3v) is 3.68. The van der Waals surface area contributed by atoms with Crippen LogP contribution in [0.2, 0.25) is 0 Å². The Hall–Kier alpha value is -2.02. The van der Waals surface area contributed by atoms with E-state index in [4.69, 9.17) is 5.73 Å². The molecule has 17 heavy (non-hydrogen) atoms. The molecule has 0 amide bonds. The van der Waals surface area contributed by atoms with Crippen molar-refractivity contribution in [3.8, 4) is 0 Å². The molecule has 0 fully saturated rings. The minimum atomic E-state index is -3.63. The van der Waals surface area contributed by atoms with Gasteiger partial charge in [-0.25, -0.2) is 0 Å². The molecule has 0 aliphatic carbocycles. The maximum atomic E-state index is 11.9. The van der Waals surface area contributed by atoms with Crippen molar-refractivity contribution in [3.63, 3.8) is 0 Å². The van der Waals surface area contributed by atoms with Crippen molar-refractivity contribution in [1.29, 1.82) is 0 Å². The molecule has 4 N–H and O–H groups in total. The third-order valence-electron chi connectivity index (χ3n) is 2.38. The van der Waals surface area contributed by atoms with E-state index in [-0.39, 0.29) is 5.03 Å². The van der Waals surface area contributed by atoms with Crippen molar-refractivity contribution < 1.29 is 8.42 Å². The highest BCUT2D eigenvalue weighted by Crippen LogP contribution is 2.22. The summed E-state index contributed by atoms with van der Waals surface area (Å²) in [5.41, 5.74) is 7.39. The van der Waals surface area contributed by atoms with E-state index in [1.165, 1.54) is 12.3 Å². The van der Waals surface area contributed by atoms with E-state index in [2.05, 4.69) is 14.9 Å². The highest BCUT2D eigenvalue weighted by Gasteiger charge is 2.16. The van der Waals surface area contributed by atoms with Gasteiger partial charge < -0.3 is 5.73 Å². The van der Waals surface area contributed by atoms with Gasteiger partial charge in [-0.05, 0) is 30.7 Å². The smallest absolute Gasteiger partial charge is 0.278 e. The van der Waals surface area contributed by atoms with Gasteiger partial charge in [0, 0.05) is 5.69 Å². The summed E-state index contributed by atoms with van der Waals surface area (Å²) in [6, 6.07) is 6.43. The standard InChI is InChI=1S/C10H12N4O2S/c1-7-8(11)3-2-4-9(7)14-17(15,16)10-5-6-12-13-10/h2-6,14H,11H2,1H3,(H,12,13). The van der Waals surface area contributed by atoms with Crippen LogP contribution in [0.25, 0.3) is 0 Å². The van der Waals surface area contributed by atoms with Crippen LogP contribution in [0, 0.1) is 6.92 Å². The SMILES string of the molecule is Cc1c(N)cccc1NS(=O)(=O)c1ccn[nH]1. The number of sulfonamides is 1. The monoisotopic (exact) mass is 252 g/mol. The first-order valence-electron chi connectivity index (χ1n) is 4.88. The van der Waals surface area contributed by atoms with Crippen LogP contribution in [0.3, 0.4) is 0 Å². The lowest BCUT2D eigenvalue weighted by Gasteiger charge is -2.10. The zero-order valence-electron chi connectivity index (χ0n) is 9.14. The lowest BCUT2D eigenvalue weighted by atomic mass is 10.2. The van der Waals surface area contributed by atoms with Gasteiger partial charge in [0.1, 0.15) is 0 Å². The molecule has 0 aliphatic rings. The molecule has 0 unspecified atom stereocenters. The van der Waals surface area contributed by atoms with Crippen LogP contribution >= 0.6 is 0 Å². The number of nitrogens with one attached hydrogen (secondary N) is 2. The molecule has 7 heteroatoms. The maximum absolute atomic E-state index is 11.9. The molecule has 1 aromatic heterocycles. The number of aromatic amines is 1. The van der Waals surface area contributed by atoms with Crippen molar-refractivity contribution >= 4 is 21.4 Å². The Kier molecular flexibility index (Phi) is 2.76. The predicted octanol–water partition coefficient (Wildman–Crippen LogP) is 1.10. The number of hydrogen-bond acceptors (Lipinski definition) is 4. The summed E-state index contributed by atoms with van der Waals surface area (Å²) in [5, 5.41) is 6.01. The van der Waals surface area contributed by atoms with Crippen LogP contribution < -0.4 is 10.5 Å². The van der Waals surface area contributed by atoms with Crippen molar-refractivity contribution in [2.45, 2.75) is 11.9 Å². The van der Waals surface area contributed by atoms with Gasteiger partial charge in [0.05, 0.1) is 11.9 Å². The third kappa shape index (κ3) is 2.23. The van der Waals surface area contributed by atoms with E-state index in [1.54, 1.807) is 25.1 Å². The molecule has 1 heterocycles. The molecule has 0 atom stereocenters. The van der Waals surface area contributed by atoms with Crippen molar-refractivity contribution in [3.05, 3.63) is 36.0 Å². The highest BCUT2D eigenvalue weighted by atomic mass is 32.2. The molecule has 2 aromatic rings. The fourth-order valence-electron chi connectivity index (χ4n) is 1.36. The normalized spacial score (nSPS) is 11.4. The number of rotatable bonds is 3. The van der Waals surface area contributed by atoms with Crippen LogP contribution in [-0.2, 0) is 10.0 Å². The number of hydrogen-bond donors (Lipinski definition) is 3. The Morgan fingerprint density at radius 2 is 2.12 bits per heavy atom. The van der Waals surface area contributed by atoms with Crippen LogP contribution in [0.15, 0.2) is 35.5 Å². The molecule has 0 spiro atoms. The minimum absolute atomic E-state index is 0.0133. The van der Waals surface area contributed by atoms with Gasteiger partial charge in [-0.3, -0.25) is 9.82 Å². The van der Waals surface area contributed by atoms with Crippen LogP contribution in [0.4, 0.5) is 11.4 Å². The molecule has 0 saturated heterocycles. The lowest BCUT2D eigenvalue weighted by Crippen LogP contribution is -2.14. The van der Waals surface area contributed by atoms with Gasteiger partial charge in [-0.2, -0.15) is 13.5 Å². The zero-order chi connectivity index (χ0) is 12.5. The first kappa shape index (κ1) is 11.5. The predicted molar refractivity (Wildman–Crippen MR) is 65.0 cm³/mol. The highest BCUT2D eigenvalue weighted by molar-refractivity contribution is 7.92. The molecule has 0 aliphatic heterocycles.